The lowest BCUT2D eigenvalue weighted by atomic mass is 10.1. The first-order valence-corrected chi connectivity index (χ1v) is 9.44. The number of H-pyrrole nitrogens is 1. The van der Waals surface area contributed by atoms with Crippen LogP contribution >= 0.6 is 0 Å². The summed E-state index contributed by atoms with van der Waals surface area (Å²) in [6.45, 7) is 3.58. The fourth-order valence-corrected chi connectivity index (χ4v) is 3.46. The maximum atomic E-state index is 13.0. The Labute approximate surface area is 167 Å². The number of hydrogen-bond acceptors (Lipinski definition) is 6. The zero-order valence-electron chi connectivity index (χ0n) is 16.1. The number of nitrogens with zero attached hydrogens (tertiary/aromatic N) is 3. The van der Waals surface area contributed by atoms with Gasteiger partial charge in [-0.3, -0.25) is 14.3 Å². The summed E-state index contributed by atoms with van der Waals surface area (Å²) in [6.07, 6.45) is 0. The molecule has 0 atom stereocenters. The normalized spacial score (nSPS) is 14.0. The van der Waals surface area contributed by atoms with Gasteiger partial charge in [-0.25, -0.2) is 4.79 Å². The molecule has 1 N–H and O–H groups in total. The molecule has 2 aromatic carbocycles. The second kappa shape index (κ2) is 8.32. The number of carbonyl (C=O) groups excluding carboxylic acids is 1. The lowest BCUT2D eigenvalue weighted by molar-refractivity contribution is 0.0785. The maximum Gasteiger partial charge on any atom is 0.439 e. The van der Waals surface area contributed by atoms with Crippen molar-refractivity contribution in [3.05, 3.63) is 70.2 Å². The standard InChI is InChI=1S/C21H22N4O4/c1-24(14-17-5-2-3-8-18(17)25-9-11-28-12-10-25)20(26)16-7-4-6-15(13-16)19-22-21(27)29-23-19/h2-8,13H,9-12,14H2,1H3,(H,22,23,27). The predicted octanol–water partition coefficient (Wildman–Crippen LogP) is 2.14. The van der Waals surface area contributed by atoms with Gasteiger partial charge in [-0.2, -0.15) is 0 Å². The molecule has 0 spiro atoms. The van der Waals surface area contributed by atoms with E-state index in [-0.39, 0.29) is 5.91 Å². The van der Waals surface area contributed by atoms with Crippen molar-refractivity contribution in [3.8, 4) is 11.4 Å². The lowest BCUT2D eigenvalue weighted by Gasteiger charge is -2.31. The maximum absolute atomic E-state index is 13.0. The average molecular weight is 394 g/mol. The largest absolute Gasteiger partial charge is 0.439 e. The molecule has 0 bridgehead atoms. The predicted molar refractivity (Wildman–Crippen MR) is 108 cm³/mol. The van der Waals surface area contributed by atoms with E-state index in [1.807, 2.05) is 18.2 Å². The van der Waals surface area contributed by atoms with Gasteiger partial charge in [0.25, 0.3) is 5.91 Å². The number of anilines is 1. The molecule has 2 heterocycles. The van der Waals surface area contributed by atoms with Crippen LogP contribution in [0.4, 0.5) is 5.69 Å². The summed E-state index contributed by atoms with van der Waals surface area (Å²) >= 11 is 0. The van der Waals surface area contributed by atoms with E-state index < -0.39 is 5.76 Å². The minimum absolute atomic E-state index is 0.116. The number of ether oxygens (including phenoxy) is 1. The summed E-state index contributed by atoms with van der Waals surface area (Å²) < 4.78 is 9.99. The Hall–Kier alpha value is -3.39. The Balaban J connectivity index is 1.53. The molecule has 1 saturated heterocycles. The van der Waals surface area contributed by atoms with Crippen molar-refractivity contribution in [3.63, 3.8) is 0 Å². The molecule has 0 aliphatic carbocycles. The summed E-state index contributed by atoms with van der Waals surface area (Å²) in [5.41, 5.74) is 3.34. The van der Waals surface area contributed by atoms with Crippen molar-refractivity contribution in [2.75, 3.05) is 38.3 Å². The zero-order valence-corrected chi connectivity index (χ0v) is 16.1. The van der Waals surface area contributed by atoms with Crippen LogP contribution in [0.25, 0.3) is 11.4 Å². The van der Waals surface area contributed by atoms with Crippen LogP contribution < -0.4 is 10.7 Å². The highest BCUT2D eigenvalue weighted by molar-refractivity contribution is 5.95. The molecule has 1 aliphatic rings. The van der Waals surface area contributed by atoms with E-state index in [2.05, 4.69) is 25.6 Å². The summed E-state index contributed by atoms with van der Waals surface area (Å²) in [5, 5.41) is 3.68. The minimum atomic E-state index is -0.631. The number of aromatic nitrogens is 2. The monoisotopic (exact) mass is 394 g/mol. The van der Waals surface area contributed by atoms with Gasteiger partial charge in [-0.05, 0) is 23.8 Å². The van der Waals surface area contributed by atoms with Gasteiger partial charge >= 0.3 is 5.76 Å². The van der Waals surface area contributed by atoms with Crippen LogP contribution in [0.15, 0.2) is 57.8 Å². The summed E-state index contributed by atoms with van der Waals surface area (Å²) in [7, 11) is 1.78. The minimum Gasteiger partial charge on any atom is -0.378 e. The highest BCUT2D eigenvalue weighted by Crippen LogP contribution is 2.24. The van der Waals surface area contributed by atoms with Gasteiger partial charge in [-0.1, -0.05) is 35.5 Å². The van der Waals surface area contributed by atoms with Gasteiger partial charge in [0.05, 0.1) is 13.2 Å². The van der Waals surface area contributed by atoms with Crippen LogP contribution in [-0.4, -0.2) is 54.3 Å². The van der Waals surface area contributed by atoms with E-state index in [0.717, 1.165) is 24.3 Å². The van der Waals surface area contributed by atoms with Crippen molar-refractivity contribution >= 4 is 11.6 Å². The van der Waals surface area contributed by atoms with Crippen LogP contribution in [0.1, 0.15) is 15.9 Å². The molecule has 4 rings (SSSR count). The number of hydrogen-bond donors (Lipinski definition) is 1. The molecule has 1 amide bonds. The third kappa shape index (κ3) is 4.22. The van der Waals surface area contributed by atoms with Crippen LogP contribution in [0.3, 0.4) is 0 Å². The average Bonchev–Trinajstić information content (AvgIpc) is 3.20. The van der Waals surface area contributed by atoms with E-state index in [9.17, 15) is 9.59 Å². The van der Waals surface area contributed by atoms with E-state index in [4.69, 9.17) is 4.74 Å². The summed E-state index contributed by atoms with van der Waals surface area (Å²) in [4.78, 5) is 30.7. The number of aromatic amines is 1. The number of nitrogens with one attached hydrogen (secondary N) is 1. The molecule has 8 heteroatoms. The smallest absolute Gasteiger partial charge is 0.378 e. The molecular weight excluding hydrogens is 372 g/mol. The Morgan fingerprint density at radius 2 is 1.97 bits per heavy atom. The number of para-hydroxylation sites is 1. The first-order valence-electron chi connectivity index (χ1n) is 9.44. The van der Waals surface area contributed by atoms with Crippen molar-refractivity contribution in [1.29, 1.82) is 0 Å². The molecular formula is C21H22N4O4. The van der Waals surface area contributed by atoms with Crippen LogP contribution in [-0.2, 0) is 11.3 Å². The number of morpholine rings is 1. The Morgan fingerprint density at radius 1 is 1.17 bits per heavy atom. The van der Waals surface area contributed by atoms with Gasteiger partial charge in [0.15, 0.2) is 5.82 Å². The molecule has 8 nitrogen and oxygen atoms in total. The highest BCUT2D eigenvalue weighted by atomic mass is 16.5. The Morgan fingerprint density at radius 3 is 2.72 bits per heavy atom. The number of benzene rings is 2. The molecule has 3 aromatic rings. The molecule has 0 unspecified atom stereocenters. The van der Waals surface area contributed by atoms with Crippen LogP contribution in [0.2, 0.25) is 0 Å². The van der Waals surface area contributed by atoms with Crippen LogP contribution in [0.5, 0.6) is 0 Å². The van der Waals surface area contributed by atoms with Gasteiger partial charge in [-0.15, -0.1) is 0 Å². The fourth-order valence-electron chi connectivity index (χ4n) is 3.46. The van der Waals surface area contributed by atoms with Crippen molar-refractivity contribution in [2.24, 2.45) is 0 Å². The third-order valence-electron chi connectivity index (χ3n) is 4.92. The third-order valence-corrected chi connectivity index (χ3v) is 4.92. The number of rotatable bonds is 5. The molecule has 1 fully saturated rings. The molecule has 0 saturated carbocycles. The second-order valence-corrected chi connectivity index (χ2v) is 6.91. The van der Waals surface area contributed by atoms with Gasteiger partial charge in [0.2, 0.25) is 0 Å². The second-order valence-electron chi connectivity index (χ2n) is 6.91. The molecule has 0 radical (unpaired) electrons. The van der Waals surface area contributed by atoms with Crippen molar-refractivity contribution in [2.45, 2.75) is 6.54 Å². The van der Waals surface area contributed by atoms with Crippen molar-refractivity contribution in [1.82, 2.24) is 15.0 Å². The molecule has 29 heavy (non-hydrogen) atoms. The summed E-state index contributed by atoms with van der Waals surface area (Å²) in [6, 6.07) is 15.1. The van der Waals surface area contributed by atoms with E-state index >= 15 is 0 Å². The van der Waals surface area contributed by atoms with E-state index in [0.29, 0.717) is 36.7 Å². The van der Waals surface area contributed by atoms with Gasteiger partial charge in [0.1, 0.15) is 0 Å². The topological polar surface area (TPSA) is 91.7 Å². The highest BCUT2D eigenvalue weighted by Gasteiger charge is 2.18. The van der Waals surface area contributed by atoms with Crippen LogP contribution in [0, 0.1) is 0 Å². The lowest BCUT2D eigenvalue weighted by Crippen LogP contribution is -2.37. The van der Waals surface area contributed by atoms with E-state index in [1.54, 1.807) is 36.2 Å². The molecule has 1 aromatic heterocycles. The molecule has 1 aliphatic heterocycles. The summed E-state index contributed by atoms with van der Waals surface area (Å²) in [5.74, 6) is -0.451. The quantitative estimate of drug-likeness (QED) is 0.713. The van der Waals surface area contributed by atoms with Gasteiger partial charge < -0.3 is 14.5 Å². The Kier molecular flexibility index (Phi) is 5.44. The van der Waals surface area contributed by atoms with E-state index in [1.165, 1.54) is 0 Å². The number of carbonyl (C=O) groups is 1. The zero-order chi connectivity index (χ0) is 20.2. The number of amides is 1. The SMILES string of the molecule is CN(Cc1ccccc1N1CCOCC1)C(=O)c1cccc(-c2noc(=O)[nH]2)c1. The first kappa shape index (κ1) is 18.9. The van der Waals surface area contributed by atoms with Gasteiger partial charge in [0, 0.05) is 43.5 Å². The molecule has 150 valence electrons. The fraction of sp³-hybridized carbons (Fsp3) is 0.286. The first-order chi connectivity index (χ1) is 14.1. The Bertz CT molecular complexity index is 1050. The van der Waals surface area contributed by atoms with Crippen molar-refractivity contribution < 1.29 is 14.1 Å².